The number of hydrogen-bond donors (Lipinski definition) is 3. The Kier molecular flexibility index (Phi) is 10.1. The molecule has 0 bridgehead atoms. The van der Waals surface area contributed by atoms with E-state index in [-0.39, 0.29) is 48.7 Å². The maximum absolute atomic E-state index is 15.5. The highest BCUT2D eigenvalue weighted by Crippen LogP contribution is 2.32. The summed E-state index contributed by atoms with van der Waals surface area (Å²) >= 11 is 0. The number of benzene rings is 2. The van der Waals surface area contributed by atoms with Crippen LogP contribution in [-0.4, -0.2) is 84.1 Å². The van der Waals surface area contributed by atoms with Gasteiger partial charge in [-0.1, -0.05) is 12.1 Å². The van der Waals surface area contributed by atoms with E-state index >= 15 is 4.39 Å². The SMILES string of the molecule is Cc1cc(N2CCOC[C@@H]2C(C)(F)F)cc(F)c1C(=O)N[C@@H](Cc1ccc(NC(=O)c2ccncc2N(C)C=O)c2ncccc12)C(=O)O. The highest BCUT2D eigenvalue weighted by molar-refractivity contribution is 6.12. The van der Waals surface area contributed by atoms with Crippen molar-refractivity contribution in [3.8, 4) is 0 Å². The van der Waals surface area contributed by atoms with Crippen LogP contribution in [0, 0.1) is 12.7 Å². The number of anilines is 3. The van der Waals surface area contributed by atoms with Crippen molar-refractivity contribution < 1.29 is 42.2 Å². The number of fused-ring (bicyclic) bond motifs is 1. The molecule has 4 aromatic rings. The average Bonchev–Trinajstić information content (AvgIpc) is 3.07. The van der Waals surface area contributed by atoms with Crippen LogP contribution < -0.4 is 20.4 Å². The predicted molar refractivity (Wildman–Crippen MR) is 175 cm³/mol. The molecule has 0 aliphatic carbocycles. The maximum atomic E-state index is 15.5. The summed E-state index contributed by atoms with van der Waals surface area (Å²) in [4.78, 5) is 61.1. The molecule has 0 spiro atoms. The molecule has 2 atom stereocenters. The monoisotopic (exact) mass is 678 g/mol. The number of pyridine rings is 2. The Morgan fingerprint density at radius 2 is 1.96 bits per heavy atom. The number of morpholine rings is 1. The number of ether oxygens (including phenoxy) is 1. The van der Waals surface area contributed by atoms with E-state index in [4.69, 9.17) is 4.74 Å². The molecule has 1 saturated heterocycles. The summed E-state index contributed by atoms with van der Waals surface area (Å²) < 4.78 is 49.2. The van der Waals surface area contributed by atoms with Crippen LogP contribution in [-0.2, 0) is 20.7 Å². The average molecular weight is 679 g/mol. The fraction of sp³-hybridized carbons (Fsp3) is 0.294. The van der Waals surface area contributed by atoms with Gasteiger partial charge in [-0.15, -0.1) is 0 Å². The molecule has 15 heteroatoms. The van der Waals surface area contributed by atoms with Crippen LogP contribution in [0.15, 0.2) is 61.1 Å². The van der Waals surface area contributed by atoms with Crippen LogP contribution >= 0.6 is 0 Å². The third-order valence-corrected chi connectivity index (χ3v) is 8.26. The summed E-state index contributed by atoms with van der Waals surface area (Å²) in [5.74, 6) is -7.06. The standard InChI is InChI=1S/C34H33F3N6O6/c1-19-13-21(43-11-12-49-17-28(43)34(2,36)37)15-24(35)29(19)32(46)41-26(33(47)48)14-20-6-7-25(30-22(20)5-4-9-39-30)40-31(45)23-8-10-38-16-27(23)42(3)18-44/h4-10,13,15-16,18,26,28H,11-12,14,17H2,1-3H3,(H,40,45)(H,41,46)(H,47,48)/t26-,28+/m0/s1. The Labute approximate surface area is 278 Å². The smallest absolute Gasteiger partial charge is 0.326 e. The lowest BCUT2D eigenvalue weighted by atomic mass is 9.99. The van der Waals surface area contributed by atoms with E-state index in [9.17, 15) is 33.1 Å². The third-order valence-electron chi connectivity index (χ3n) is 8.26. The highest BCUT2D eigenvalue weighted by atomic mass is 19.3. The number of alkyl halides is 2. The molecular weight excluding hydrogens is 645 g/mol. The topological polar surface area (TPSA) is 154 Å². The predicted octanol–water partition coefficient (Wildman–Crippen LogP) is 4.21. The normalized spacial score (nSPS) is 15.4. The van der Waals surface area contributed by atoms with Crippen molar-refractivity contribution in [1.82, 2.24) is 15.3 Å². The highest BCUT2D eigenvalue weighted by Gasteiger charge is 2.41. The van der Waals surface area contributed by atoms with E-state index < -0.39 is 47.2 Å². The molecule has 5 rings (SSSR count). The first-order chi connectivity index (χ1) is 23.3. The van der Waals surface area contributed by atoms with Crippen LogP contribution in [0.5, 0.6) is 0 Å². The number of aromatic nitrogens is 2. The van der Waals surface area contributed by atoms with Crippen LogP contribution in [0.4, 0.5) is 30.2 Å². The molecule has 1 fully saturated rings. The summed E-state index contributed by atoms with van der Waals surface area (Å²) in [6.45, 7) is 2.20. The van der Waals surface area contributed by atoms with Crippen molar-refractivity contribution in [3.63, 3.8) is 0 Å². The van der Waals surface area contributed by atoms with Crippen molar-refractivity contribution in [2.45, 2.75) is 38.3 Å². The fourth-order valence-corrected chi connectivity index (χ4v) is 5.78. The first-order valence-electron chi connectivity index (χ1n) is 15.2. The number of aryl methyl sites for hydroxylation is 1. The minimum Gasteiger partial charge on any atom is -0.480 e. The molecule has 0 radical (unpaired) electrons. The lowest BCUT2D eigenvalue weighted by molar-refractivity contribution is -0.139. The van der Waals surface area contributed by atoms with Gasteiger partial charge in [0.05, 0.1) is 47.4 Å². The van der Waals surface area contributed by atoms with E-state index in [1.807, 2.05) is 0 Å². The second-order valence-corrected chi connectivity index (χ2v) is 11.7. The van der Waals surface area contributed by atoms with Crippen molar-refractivity contribution >= 4 is 52.2 Å². The lowest BCUT2D eigenvalue weighted by Crippen LogP contribution is -2.54. The van der Waals surface area contributed by atoms with Crippen molar-refractivity contribution in [1.29, 1.82) is 0 Å². The number of rotatable bonds is 11. The summed E-state index contributed by atoms with van der Waals surface area (Å²) in [5, 5.41) is 15.7. The van der Waals surface area contributed by atoms with Gasteiger partial charge in [0.25, 0.3) is 17.7 Å². The number of carbonyl (C=O) groups is 4. The lowest BCUT2D eigenvalue weighted by Gasteiger charge is -2.40. The quantitative estimate of drug-likeness (QED) is 0.198. The van der Waals surface area contributed by atoms with Gasteiger partial charge in [-0.25, -0.2) is 18.0 Å². The molecule has 2 aromatic heterocycles. The molecule has 1 aliphatic heterocycles. The van der Waals surface area contributed by atoms with Gasteiger partial charge in [-0.05, 0) is 48.4 Å². The molecule has 49 heavy (non-hydrogen) atoms. The number of carbonyl (C=O) groups excluding carboxylic acids is 3. The Morgan fingerprint density at radius 3 is 2.65 bits per heavy atom. The minimum atomic E-state index is -3.14. The number of carboxylic acids is 1. The van der Waals surface area contributed by atoms with Gasteiger partial charge in [-0.3, -0.25) is 24.4 Å². The molecule has 256 valence electrons. The number of halogens is 3. The Morgan fingerprint density at radius 1 is 1.18 bits per heavy atom. The van der Waals surface area contributed by atoms with Gasteiger partial charge in [0.1, 0.15) is 17.9 Å². The molecule has 0 saturated carbocycles. The van der Waals surface area contributed by atoms with E-state index in [1.165, 1.54) is 60.6 Å². The molecule has 0 unspecified atom stereocenters. The number of carboxylic acid groups (broad SMARTS) is 1. The van der Waals surface area contributed by atoms with E-state index in [0.717, 1.165) is 13.0 Å². The van der Waals surface area contributed by atoms with Crippen LogP contribution in [0.25, 0.3) is 10.9 Å². The maximum Gasteiger partial charge on any atom is 0.326 e. The Bertz CT molecular complexity index is 1900. The van der Waals surface area contributed by atoms with Gasteiger partial charge >= 0.3 is 5.97 Å². The van der Waals surface area contributed by atoms with Gasteiger partial charge in [-0.2, -0.15) is 0 Å². The van der Waals surface area contributed by atoms with Gasteiger partial charge in [0.15, 0.2) is 0 Å². The largest absolute Gasteiger partial charge is 0.480 e. The van der Waals surface area contributed by atoms with E-state index in [1.54, 1.807) is 18.2 Å². The number of aliphatic carboxylic acids is 1. The summed E-state index contributed by atoms with van der Waals surface area (Å²) in [5.41, 5.74) is 1.42. The molecule has 3 amide bonds. The first-order valence-corrected chi connectivity index (χ1v) is 15.2. The number of hydrogen-bond acceptors (Lipinski definition) is 8. The number of nitrogens with one attached hydrogen (secondary N) is 2. The fourth-order valence-electron chi connectivity index (χ4n) is 5.78. The van der Waals surface area contributed by atoms with Crippen LogP contribution in [0.2, 0.25) is 0 Å². The summed E-state index contributed by atoms with van der Waals surface area (Å²) in [6, 6.07) is 7.43. The van der Waals surface area contributed by atoms with Crippen molar-refractivity contribution in [3.05, 3.63) is 89.1 Å². The first kappa shape index (κ1) is 34.8. The van der Waals surface area contributed by atoms with Crippen molar-refractivity contribution in [2.24, 2.45) is 0 Å². The molecule has 12 nitrogen and oxygen atoms in total. The summed E-state index contributed by atoms with van der Waals surface area (Å²) in [7, 11) is 1.48. The third kappa shape index (κ3) is 7.46. The van der Waals surface area contributed by atoms with E-state index in [0.29, 0.717) is 28.6 Å². The molecular formula is C34H33F3N6O6. The second-order valence-electron chi connectivity index (χ2n) is 11.7. The Hall–Kier alpha value is -5.57. The van der Waals surface area contributed by atoms with E-state index in [2.05, 4.69) is 20.6 Å². The molecule has 3 N–H and O–H groups in total. The number of amides is 3. The molecule has 2 aromatic carbocycles. The van der Waals surface area contributed by atoms with Crippen LogP contribution in [0.1, 0.15) is 38.8 Å². The number of nitrogens with zero attached hydrogens (tertiary/aromatic N) is 4. The minimum absolute atomic E-state index is 0.0905. The molecule has 1 aliphatic rings. The molecule has 3 heterocycles. The zero-order valence-corrected chi connectivity index (χ0v) is 26.7. The summed E-state index contributed by atoms with van der Waals surface area (Å²) in [6.07, 6.45) is 4.59. The van der Waals surface area contributed by atoms with Crippen LogP contribution in [0.3, 0.4) is 0 Å². The zero-order chi connectivity index (χ0) is 35.5. The van der Waals surface area contributed by atoms with Crippen molar-refractivity contribution in [2.75, 3.05) is 41.9 Å². The van der Waals surface area contributed by atoms with Gasteiger partial charge < -0.3 is 30.3 Å². The van der Waals surface area contributed by atoms with Gasteiger partial charge in [0, 0.05) is 50.4 Å². The second kappa shape index (κ2) is 14.3. The Balaban J connectivity index is 1.38. The zero-order valence-electron chi connectivity index (χ0n) is 26.7. The van der Waals surface area contributed by atoms with Gasteiger partial charge in [0.2, 0.25) is 6.41 Å².